The van der Waals surface area contributed by atoms with E-state index in [0.717, 1.165) is 33.7 Å². The summed E-state index contributed by atoms with van der Waals surface area (Å²) >= 11 is 0. The number of nitrogens with zero attached hydrogens (tertiary/aromatic N) is 2. The number of aromatic amines is 1. The standard InChI is InChI=1S/C20H17N3O2/c1-13-21-17-10-9-16(14-8-11-18(24)23(2)12-14)20(19(17)22-13)25-15-6-4-3-5-7-15/h3-12H,1-2H3,(H,21,22). The van der Waals surface area contributed by atoms with Gasteiger partial charge in [0.25, 0.3) is 0 Å². The van der Waals surface area contributed by atoms with E-state index in [9.17, 15) is 4.79 Å². The van der Waals surface area contributed by atoms with Crippen LogP contribution in [0.15, 0.2) is 65.6 Å². The van der Waals surface area contributed by atoms with Crippen LogP contribution in [-0.2, 0) is 7.05 Å². The highest BCUT2D eigenvalue weighted by molar-refractivity contribution is 5.91. The fraction of sp³-hybridized carbons (Fsp3) is 0.100. The Morgan fingerprint density at radius 3 is 2.60 bits per heavy atom. The van der Waals surface area contributed by atoms with E-state index in [-0.39, 0.29) is 5.56 Å². The molecule has 0 spiro atoms. The van der Waals surface area contributed by atoms with Crippen molar-refractivity contribution in [1.82, 2.24) is 14.5 Å². The van der Waals surface area contributed by atoms with Gasteiger partial charge in [0.15, 0.2) is 5.75 Å². The van der Waals surface area contributed by atoms with Gasteiger partial charge in [-0.2, -0.15) is 0 Å². The maximum Gasteiger partial charge on any atom is 0.250 e. The first kappa shape index (κ1) is 15.2. The van der Waals surface area contributed by atoms with Crippen LogP contribution in [0.5, 0.6) is 11.5 Å². The molecule has 0 aliphatic carbocycles. The first-order valence-corrected chi connectivity index (χ1v) is 8.01. The van der Waals surface area contributed by atoms with Crippen LogP contribution in [0, 0.1) is 6.92 Å². The van der Waals surface area contributed by atoms with Gasteiger partial charge in [0.2, 0.25) is 5.56 Å². The normalized spacial score (nSPS) is 11.0. The third-order valence-electron chi connectivity index (χ3n) is 4.09. The minimum absolute atomic E-state index is 0.0500. The molecule has 1 N–H and O–H groups in total. The van der Waals surface area contributed by atoms with Crippen molar-refractivity contribution >= 4 is 11.0 Å². The molecule has 124 valence electrons. The number of hydrogen-bond donors (Lipinski definition) is 1. The highest BCUT2D eigenvalue weighted by Crippen LogP contribution is 2.38. The molecule has 0 aliphatic heterocycles. The van der Waals surface area contributed by atoms with Gasteiger partial charge < -0.3 is 14.3 Å². The van der Waals surface area contributed by atoms with Crippen molar-refractivity contribution in [2.24, 2.45) is 7.05 Å². The Labute approximate surface area is 144 Å². The molecule has 2 aromatic carbocycles. The van der Waals surface area contributed by atoms with E-state index < -0.39 is 0 Å². The minimum atomic E-state index is -0.0500. The van der Waals surface area contributed by atoms with E-state index in [0.29, 0.717) is 5.75 Å². The van der Waals surface area contributed by atoms with Gasteiger partial charge in [-0.25, -0.2) is 4.98 Å². The number of fused-ring (bicyclic) bond motifs is 1. The highest BCUT2D eigenvalue weighted by Gasteiger charge is 2.15. The number of imidazole rings is 1. The fourth-order valence-corrected chi connectivity index (χ4v) is 2.86. The molecule has 0 fully saturated rings. The Kier molecular flexibility index (Phi) is 3.61. The molecular weight excluding hydrogens is 314 g/mol. The van der Waals surface area contributed by atoms with Crippen molar-refractivity contribution in [2.45, 2.75) is 6.92 Å². The van der Waals surface area contributed by atoms with Crippen molar-refractivity contribution in [2.75, 3.05) is 0 Å². The number of pyridine rings is 1. The number of para-hydroxylation sites is 1. The Hall–Kier alpha value is -3.34. The number of ether oxygens (including phenoxy) is 1. The maximum absolute atomic E-state index is 11.7. The van der Waals surface area contributed by atoms with Crippen LogP contribution >= 0.6 is 0 Å². The average molecular weight is 331 g/mol. The van der Waals surface area contributed by atoms with Gasteiger partial charge in [-0.05, 0) is 37.3 Å². The zero-order valence-electron chi connectivity index (χ0n) is 14.0. The van der Waals surface area contributed by atoms with Crippen LogP contribution in [0.4, 0.5) is 0 Å². The van der Waals surface area contributed by atoms with Gasteiger partial charge >= 0.3 is 0 Å². The van der Waals surface area contributed by atoms with E-state index in [1.165, 1.54) is 0 Å². The molecule has 0 saturated carbocycles. The number of benzene rings is 2. The number of rotatable bonds is 3. The predicted molar refractivity (Wildman–Crippen MR) is 98.0 cm³/mol. The number of hydrogen-bond acceptors (Lipinski definition) is 3. The third kappa shape index (κ3) is 2.80. The molecule has 0 bridgehead atoms. The van der Waals surface area contributed by atoms with E-state index in [1.54, 1.807) is 29.9 Å². The van der Waals surface area contributed by atoms with Crippen molar-refractivity contribution in [3.8, 4) is 22.6 Å². The number of nitrogens with one attached hydrogen (secondary N) is 1. The predicted octanol–water partition coefficient (Wildman–Crippen LogP) is 4.03. The summed E-state index contributed by atoms with van der Waals surface area (Å²) in [5.74, 6) is 2.24. The first-order valence-electron chi connectivity index (χ1n) is 8.01. The molecule has 0 saturated heterocycles. The lowest BCUT2D eigenvalue weighted by Crippen LogP contribution is -2.14. The average Bonchev–Trinajstić information content (AvgIpc) is 2.99. The lowest BCUT2D eigenvalue weighted by molar-refractivity contribution is 0.489. The summed E-state index contributed by atoms with van der Waals surface area (Å²) in [4.78, 5) is 19.5. The van der Waals surface area contributed by atoms with Crippen molar-refractivity contribution in [3.05, 3.63) is 77.0 Å². The van der Waals surface area contributed by atoms with Crippen molar-refractivity contribution < 1.29 is 4.74 Å². The Morgan fingerprint density at radius 1 is 1.04 bits per heavy atom. The van der Waals surface area contributed by atoms with E-state index in [4.69, 9.17) is 4.74 Å². The van der Waals surface area contributed by atoms with Crippen LogP contribution in [0.2, 0.25) is 0 Å². The van der Waals surface area contributed by atoms with Crippen LogP contribution < -0.4 is 10.3 Å². The summed E-state index contributed by atoms with van der Waals surface area (Å²) in [6.07, 6.45) is 1.81. The fourth-order valence-electron chi connectivity index (χ4n) is 2.86. The van der Waals surface area contributed by atoms with Crippen LogP contribution in [-0.4, -0.2) is 14.5 Å². The molecule has 5 heteroatoms. The first-order chi connectivity index (χ1) is 12.1. The lowest BCUT2D eigenvalue weighted by Gasteiger charge is -2.13. The molecule has 0 radical (unpaired) electrons. The summed E-state index contributed by atoms with van der Waals surface area (Å²) in [7, 11) is 1.74. The molecule has 0 aliphatic rings. The molecule has 4 rings (SSSR count). The second-order valence-corrected chi connectivity index (χ2v) is 5.94. The van der Waals surface area contributed by atoms with Gasteiger partial charge in [-0.1, -0.05) is 18.2 Å². The topological polar surface area (TPSA) is 59.9 Å². The third-order valence-corrected chi connectivity index (χ3v) is 4.09. The number of H-pyrrole nitrogens is 1. The number of aryl methyl sites for hydroxylation is 2. The van der Waals surface area contributed by atoms with Gasteiger partial charge in [0, 0.05) is 30.4 Å². The van der Waals surface area contributed by atoms with Crippen molar-refractivity contribution in [3.63, 3.8) is 0 Å². The Morgan fingerprint density at radius 2 is 1.84 bits per heavy atom. The maximum atomic E-state index is 11.7. The second-order valence-electron chi connectivity index (χ2n) is 5.94. The van der Waals surface area contributed by atoms with E-state index >= 15 is 0 Å². The highest BCUT2D eigenvalue weighted by atomic mass is 16.5. The summed E-state index contributed by atoms with van der Waals surface area (Å²) in [5.41, 5.74) is 3.42. The molecule has 25 heavy (non-hydrogen) atoms. The molecule has 2 aromatic heterocycles. The Bertz CT molecular complexity index is 1110. The molecular formula is C20H17N3O2. The molecule has 0 unspecified atom stereocenters. The summed E-state index contributed by atoms with van der Waals surface area (Å²) in [5, 5.41) is 0. The lowest BCUT2D eigenvalue weighted by atomic mass is 10.1. The van der Waals surface area contributed by atoms with Crippen LogP contribution in [0.25, 0.3) is 22.2 Å². The van der Waals surface area contributed by atoms with Crippen LogP contribution in [0.1, 0.15) is 5.82 Å². The molecule has 4 aromatic rings. The van der Waals surface area contributed by atoms with Gasteiger partial charge in [0.05, 0.1) is 5.52 Å². The van der Waals surface area contributed by atoms with Gasteiger partial charge in [-0.15, -0.1) is 0 Å². The van der Waals surface area contributed by atoms with Crippen molar-refractivity contribution in [1.29, 1.82) is 0 Å². The largest absolute Gasteiger partial charge is 0.454 e. The quantitative estimate of drug-likeness (QED) is 0.616. The molecule has 0 amide bonds. The number of aromatic nitrogens is 3. The second kappa shape index (κ2) is 5.94. The smallest absolute Gasteiger partial charge is 0.250 e. The minimum Gasteiger partial charge on any atom is -0.454 e. The van der Waals surface area contributed by atoms with E-state index in [2.05, 4.69) is 9.97 Å². The summed E-state index contributed by atoms with van der Waals surface area (Å²) in [6, 6.07) is 16.9. The van der Waals surface area contributed by atoms with E-state index in [1.807, 2.05) is 49.4 Å². The zero-order valence-corrected chi connectivity index (χ0v) is 14.0. The van der Waals surface area contributed by atoms with Crippen LogP contribution in [0.3, 0.4) is 0 Å². The monoisotopic (exact) mass is 331 g/mol. The Balaban J connectivity index is 1.95. The molecule has 5 nitrogen and oxygen atoms in total. The molecule has 2 heterocycles. The SMILES string of the molecule is Cc1nc2c(Oc3ccccc3)c(-c3ccc(=O)n(C)c3)ccc2[nH]1. The zero-order chi connectivity index (χ0) is 17.4. The van der Waals surface area contributed by atoms with Gasteiger partial charge in [0.1, 0.15) is 17.1 Å². The summed E-state index contributed by atoms with van der Waals surface area (Å²) < 4.78 is 7.75. The summed E-state index contributed by atoms with van der Waals surface area (Å²) in [6.45, 7) is 1.91. The van der Waals surface area contributed by atoms with Gasteiger partial charge in [-0.3, -0.25) is 4.79 Å². The molecule has 0 atom stereocenters.